The molecule has 1 aliphatic heterocycles. The molecule has 0 N–H and O–H groups in total. The van der Waals surface area contributed by atoms with Gasteiger partial charge in [-0.2, -0.15) is 0 Å². The van der Waals surface area contributed by atoms with Crippen molar-refractivity contribution in [3.8, 4) is 17.1 Å². The zero-order chi connectivity index (χ0) is 16.9. The molecule has 0 spiro atoms. The van der Waals surface area contributed by atoms with Crippen LogP contribution in [0.4, 0.5) is 0 Å². The third kappa shape index (κ3) is 2.16. The molecule has 1 atom stereocenters. The third-order valence-corrected chi connectivity index (χ3v) is 4.77. The van der Waals surface area contributed by atoms with Crippen molar-refractivity contribution in [2.24, 2.45) is 0 Å². The predicted molar refractivity (Wildman–Crippen MR) is 95.5 cm³/mol. The van der Waals surface area contributed by atoms with Crippen LogP contribution < -0.4 is 10.2 Å². The van der Waals surface area contributed by atoms with E-state index >= 15 is 0 Å². The summed E-state index contributed by atoms with van der Waals surface area (Å²) in [4.78, 5) is 12.8. The summed E-state index contributed by atoms with van der Waals surface area (Å²) in [5, 5.41) is 0.608. The van der Waals surface area contributed by atoms with E-state index in [0.717, 1.165) is 22.4 Å². The van der Waals surface area contributed by atoms with Crippen LogP contribution in [-0.2, 0) is 6.42 Å². The summed E-state index contributed by atoms with van der Waals surface area (Å²) in [5.74, 6) is 1.32. The zero-order valence-electron chi connectivity index (χ0n) is 13.8. The third-order valence-electron chi connectivity index (χ3n) is 4.77. The van der Waals surface area contributed by atoms with Crippen LogP contribution in [0.3, 0.4) is 0 Å². The van der Waals surface area contributed by atoms with Gasteiger partial charge in [-0.25, -0.2) is 0 Å². The molecule has 0 bridgehead atoms. The average molecular weight is 318 g/mol. The molecule has 24 heavy (non-hydrogen) atoms. The summed E-state index contributed by atoms with van der Waals surface area (Å²) in [7, 11) is 0. The highest BCUT2D eigenvalue weighted by Gasteiger charge is 2.37. The first kappa shape index (κ1) is 14.8. The Morgan fingerprint density at radius 2 is 1.92 bits per heavy atom. The molecule has 4 rings (SSSR count). The maximum Gasteiger partial charge on any atom is 0.193 e. The van der Waals surface area contributed by atoms with Crippen molar-refractivity contribution in [2.45, 2.75) is 25.9 Å². The molecule has 0 radical (unpaired) electrons. The van der Waals surface area contributed by atoms with Crippen LogP contribution in [0.1, 0.15) is 19.4 Å². The molecule has 0 amide bonds. The lowest BCUT2D eigenvalue weighted by Gasteiger charge is -2.23. The summed E-state index contributed by atoms with van der Waals surface area (Å²) in [6.45, 7) is 7.97. The Morgan fingerprint density at radius 3 is 2.62 bits per heavy atom. The van der Waals surface area contributed by atoms with Gasteiger partial charge in [0.2, 0.25) is 0 Å². The fraction of sp³-hybridized carbons (Fsp3) is 0.190. The highest BCUT2D eigenvalue weighted by molar-refractivity contribution is 5.85. The molecule has 2 heterocycles. The first-order valence-corrected chi connectivity index (χ1v) is 7.98. The first-order valence-electron chi connectivity index (χ1n) is 7.98. The average Bonchev–Trinajstić information content (AvgIpc) is 2.93. The molecule has 3 heteroatoms. The van der Waals surface area contributed by atoms with Crippen molar-refractivity contribution in [1.29, 1.82) is 0 Å². The van der Waals surface area contributed by atoms with Gasteiger partial charge >= 0.3 is 0 Å². The normalized spacial score (nSPS) is 19.1. The van der Waals surface area contributed by atoms with Crippen molar-refractivity contribution >= 4 is 11.0 Å². The Hall–Kier alpha value is -2.81. The van der Waals surface area contributed by atoms with E-state index in [1.807, 2.05) is 56.3 Å². The summed E-state index contributed by atoms with van der Waals surface area (Å²) in [6.07, 6.45) is 0.629. The van der Waals surface area contributed by atoms with Crippen molar-refractivity contribution in [3.05, 3.63) is 76.5 Å². The van der Waals surface area contributed by atoms with Crippen LogP contribution >= 0.6 is 0 Å². The Balaban J connectivity index is 1.92. The summed E-state index contributed by atoms with van der Waals surface area (Å²) in [5.41, 5.74) is 2.82. The molecular weight excluding hydrogens is 300 g/mol. The Morgan fingerprint density at radius 1 is 1.17 bits per heavy atom. The molecule has 0 unspecified atom stereocenters. The molecule has 3 nitrogen and oxygen atoms in total. The van der Waals surface area contributed by atoms with Crippen LogP contribution in [0.25, 0.3) is 22.3 Å². The zero-order valence-corrected chi connectivity index (χ0v) is 13.8. The second-order valence-electron chi connectivity index (χ2n) is 6.55. The Kier molecular flexibility index (Phi) is 3.14. The van der Waals surface area contributed by atoms with E-state index in [0.29, 0.717) is 23.2 Å². The number of fused-ring (bicyclic) bond motifs is 3. The second kappa shape index (κ2) is 5.10. The topological polar surface area (TPSA) is 39.4 Å². The van der Waals surface area contributed by atoms with Gasteiger partial charge in [-0.15, -0.1) is 0 Å². The molecule has 0 saturated heterocycles. The van der Waals surface area contributed by atoms with Gasteiger partial charge in [-0.1, -0.05) is 36.9 Å². The largest absolute Gasteiger partial charge is 0.483 e. The highest BCUT2D eigenvalue weighted by Crippen LogP contribution is 2.41. The van der Waals surface area contributed by atoms with E-state index in [2.05, 4.69) is 6.58 Å². The van der Waals surface area contributed by atoms with Crippen molar-refractivity contribution in [1.82, 2.24) is 0 Å². The van der Waals surface area contributed by atoms with Gasteiger partial charge in [0.1, 0.15) is 22.7 Å². The first-order chi connectivity index (χ1) is 11.5. The SMILES string of the molecule is C=C(C)[C@]1(C)Cc2c(ccc3oc(-c4ccccc4)cc(=O)c23)O1. The van der Waals surface area contributed by atoms with E-state index in [9.17, 15) is 4.79 Å². The smallest absolute Gasteiger partial charge is 0.193 e. The van der Waals surface area contributed by atoms with Gasteiger partial charge in [0.15, 0.2) is 5.43 Å². The van der Waals surface area contributed by atoms with E-state index in [1.165, 1.54) is 0 Å². The molecule has 120 valence electrons. The highest BCUT2D eigenvalue weighted by atomic mass is 16.5. The minimum atomic E-state index is -0.471. The van der Waals surface area contributed by atoms with Crippen LogP contribution in [0.2, 0.25) is 0 Å². The quantitative estimate of drug-likeness (QED) is 0.641. The van der Waals surface area contributed by atoms with Gasteiger partial charge < -0.3 is 9.15 Å². The van der Waals surface area contributed by atoms with E-state index in [1.54, 1.807) is 6.07 Å². The van der Waals surface area contributed by atoms with E-state index < -0.39 is 5.60 Å². The molecule has 3 aromatic rings. The lowest BCUT2D eigenvalue weighted by atomic mass is 9.91. The molecule has 1 aliphatic rings. The molecule has 0 aliphatic carbocycles. The second-order valence-corrected chi connectivity index (χ2v) is 6.55. The van der Waals surface area contributed by atoms with Gasteiger partial charge in [-0.05, 0) is 31.6 Å². The molecule has 0 saturated carbocycles. The molecule has 2 aromatic carbocycles. The summed E-state index contributed by atoms with van der Waals surface area (Å²) >= 11 is 0. The maximum absolute atomic E-state index is 12.8. The summed E-state index contributed by atoms with van der Waals surface area (Å²) in [6, 6.07) is 14.9. The Labute approximate surface area is 140 Å². The minimum absolute atomic E-state index is 0.0403. The van der Waals surface area contributed by atoms with Crippen molar-refractivity contribution in [3.63, 3.8) is 0 Å². The van der Waals surface area contributed by atoms with Crippen LogP contribution in [0.5, 0.6) is 5.75 Å². The van der Waals surface area contributed by atoms with Gasteiger partial charge in [0.05, 0.1) is 5.39 Å². The fourth-order valence-corrected chi connectivity index (χ4v) is 3.17. The monoisotopic (exact) mass is 318 g/mol. The number of hydrogen-bond donors (Lipinski definition) is 0. The lowest BCUT2D eigenvalue weighted by molar-refractivity contribution is 0.157. The lowest BCUT2D eigenvalue weighted by Crippen LogP contribution is -2.31. The standard InChI is InChI=1S/C21H18O3/c1-13(2)21(3)12-15-17(24-21)9-10-18-20(15)16(22)11-19(23-18)14-7-5-4-6-8-14/h4-11H,1,12H2,2-3H3/t21-/m0/s1. The predicted octanol–water partition coefficient (Wildman–Crippen LogP) is 4.73. The number of ether oxygens (including phenoxy) is 1. The van der Waals surface area contributed by atoms with Gasteiger partial charge in [0, 0.05) is 23.6 Å². The van der Waals surface area contributed by atoms with Gasteiger partial charge in [-0.3, -0.25) is 4.79 Å². The fourth-order valence-electron chi connectivity index (χ4n) is 3.17. The van der Waals surface area contributed by atoms with Crippen LogP contribution in [0.15, 0.2) is 69.9 Å². The van der Waals surface area contributed by atoms with Crippen molar-refractivity contribution < 1.29 is 9.15 Å². The maximum atomic E-state index is 12.8. The van der Waals surface area contributed by atoms with Gasteiger partial charge in [0.25, 0.3) is 0 Å². The molecule has 1 aromatic heterocycles. The minimum Gasteiger partial charge on any atom is -0.483 e. The van der Waals surface area contributed by atoms with Crippen molar-refractivity contribution in [2.75, 3.05) is 0 Å². The van der Waals surface area contributed by atoms with Crippen LogP contribution in [-0.4, -0.2) is 5.60 Å². The summed E-state index contributed by atoms with van der Waals surface area (Å²) < 4.78 is 12.1. The Bertz CT molecular complexity index is 1010. The van der Waals surface area contributed by atoms with Crippen LogP contribution in [0, 0.1) is 0 Å². The number of benzene rings is 2. The van der Waals surface area contributed by atoms with E-state index in [-0.39, 0.29) is 5.43 Å². The van der Waals surface area contributed by atoms with E-state index in [4.69, 9.17) is 9.15 Å². The number of rotatable bonds is 2. The molecular formula is C21H18O3. The number of hydrogen-bond acceptors (Lipinski definition) is 3. The molecule has 0 fully saturated rings.